The molecule has 102 valence electrons. The van der Waals surface area contributed by atoms with E-state index in [2.05, 4.69) is 33.2 Å². The van der Waals surface area contributed by atoms with Crippen molar-refractivity contribution in [3.8, 4) is 5.75 Å². The molecule has 1 aliphatic heterocycles. The monoisotopic (exact) mass is 269 g/mol. The van der Waals surface area contributed by atoms with Crippen molar-refractivity contribution in [3.05, 3.63) is 42.3 Å². The summed E-state index contributed by atoms with van der Waals surface area (Å²) in [4.78, 5) is 12.1. The molecule has 3 rings (SSSR count). The maximum atomic E-state index is 5.73. The molecule has 2 heterocycles. The second-order valence-electron chi connectivity index (χ2n) is 4.58. The molecular formula is C14H15N5O. The number of hydrogen-bond donors (Lipinski definition) is 2. The van der Waals surface area contributed by atoms with E-state index in [1.807, 2.05) is 12.3 Å². The number of ether oxygens (including phenoxy) is 1. The minimum Gasteiger partial charge on any atom is -0.482 e. The van der Waals surface area contributed by atoms with Crippen LogP contribution in [-0.2, 0) is 0 Å². The highest BCUT2D eigenvalue weighted by Gasteiger charge is 2.20. The van der Waals surface area contributed by atoms with Crippen molar-refractivity contribution in [2.45, 2.75) is 6.42 Å². The number of aromatic nitrogens is 2. The van der Waals surface area contributed by atoms with E-state index in [9.17, 15) is 0 Å². The molecule has 0 saturated heterocycles. The lowest BCUT2D eigenvalue weighted by molar-refractivity contribution is 0.374. The standard InChI is InChI=1S/C14H15N5O/c15-13-12(7-18-14(16)19-13)20-8-11-10-4-2-1-3-9(10)5-6-17-11/h1-2,4-7,9H,3,8H2,(H4,15,16,18,19). The Morgan fingerprint density at radius 2 is 2.25 bits per heavy atom. The molecule has 1 atom stereocenters. The van der Waals surface area contributed by atoms with Gasteiger partial charge in [0.1, 0.15) is 6.61 Å². The predicted molar refractivity (Wildman–Crippen MR) is 78.3 cm³/mol. The zero-order chi connectivity index (χ0) is 13.9. The maximum absolute atomic E-state index is 5.73. The zero-order valence-corrected chi connectivity index (χ0v) is 10.9. The molecule has 4 N–H and O–H groups in total. The summed E-state index contributed by atoms with van der Waals surface area (Å²) in [7, 11) is 0. The molecule has 0 saturated carbocycles. The summed E-state index contributed by atoms with van der Waals surface area (Å²) >= 11 is 0. The second kappa shape index (κ2) is 5.16. The normalized spacial score (nSPS) is 20.1. The van der Waals surface area contributed by atoms with E-state index < -0.39 is 0 Å². The highest BCUT2D eigenvalue weighted by molar-refractivity contribution is 6.03. The highest BCUT2D eigenvalue weighted by Crippen LogP contribution is 2.27. The number of fused-ring (bicyclic) bond motifs is 1. The molecule has 0 aromatic carbocycles. The first-order valence-electron chi connectivity index (χ1n) is 6.35. The van der Waals surface area contributed by atoms with Gasteiger partial charge < -0.3 is 16.2 Å². The quantitative estimate of drug-likeness (QED) is 0.866. The fourth-order valence-corrected chi connectivity index (χ4v) is 2.23. The average Bonchev–Trinajstić information content (AvgIpc) is 2.46. The van der Waals surface area contributed by atoms with Crippen LogP contribution in [0, 0.1) is 5.92 Å². The van der Waals surface area contributed by atoms with E-state index in [1.165, 1.54) is 11.8 Å². The van der Waals surface area contributed by atoms with Gasteiger partial charge in [-0.2, -0.15) is 4.98 Å². The van der Waals surface area contributed by atoms with Crippen molar-refractivity contribution >= 4 is 17.5 Å². The largest absolute Gasteiger partial charge is 0.482 e. The van der Waals surface area contributed by atoms with E-state index in [-0.39, 0.29) is 11.8 Å². The van der Waals surface area contributed by atoms with Crippen molar-refractivity contribution < 1.29 is 4.74 Å². The van der Waals surface area contributed by atoms with Crippen molar-refractivity contribution in [2.75, 3.05) is 18.1 Å². The minimum atomic E-state index is 0.132. The Bertz CT molecular complexity index is 645. The third-order valence-electron chi connectivity index (χ3n) is 3.25. The van der Waals surface area contributed by atoms with Gasteiger partial charge in [-0.25, -0.2) is 4.98 Å². The highest BCUT2D eigenvalue weighted by atomic mass is 16.5. The van der Waals surface area contributed by atoms with Gasteiger partial charge in [-0.15, -0.1) is 0 Å². The van der Waals surface area contributed by atoms with Crippen LogP contribution in [-0.4, -0.2) is 22.3 Å². The number of hydrogen-bond acceptors (Lipinski definition) is 6. The lowest BCUT2D eigenvalue weighted by Gasteiger charge is -2.22. The Kier molecular flexibility index (Phi) is 3.20. The van der Waals surface area contributed by atoms with Gasteiger partial charge in [0.05, 0.1) is 11.9 Å². The first-order valence-corrected chi connectivity index (χ1v) is 6.35. The first-order chi connectivity index (χ1) is 9.74. The van der Waals surface area contributed by atoms with Gasteiger partial charge in [0.25, 0.3) is 0 Å². The summed E-state index contributed by atoms with van der Waals surface area (Å²) in [6.45, 7) is 0.331. The summed E-state index contributed by atoms with van der Waals surface area (Å²) in [6.07, 6.45) is 12.7. The van der Waals surface area contributed by atoms with Crippen LogP contribution in [0.15, 0.2) is 47.3 Å². The topological polar surface area (TPSA) is 99.4 Å². The fraction of sp³-hybridized carbons (Fsp3) is 0.214. The average molecular weight is 269 g/mol. The Morgan fingerprint density at radius 3 is 3.10 bits per heavy atom. The molecule has 1 unspecified atom stereocenters. The van der Waals surface area contributed by atoms with E-state index >= 15 is 0 Å². The van der Waals surface area contributed by atoms with E-state index in [1.54, 1.807) is 0 Å². The third-order valence-corrected chi connectivity index (χ3v) is 3.25. The Labute approximate surface area is 116 Å². The number of nitrogen functional groups attached to an aromatic ring is 2. The Balaban J connectivity index is 1.74. The van der Waals surface area contributed by atoms with E-state index in [0.717, 1.165) is 12.1 Å². The number of rotatable bonds is 3. The number of nitrogens with two attached hydrogens (primary N) is 2. The molecule has 0 fully saturated rings. The summed E-state index contributed by atoms with van der Waals surface area (Å²) in [6, 6.07) is 0. The van der Waals surface area contributed by atoms with E-state index in [0.29, 0.717) is 18.3 Å². The van der Waals surface area contributed by atoms with Gasteiger partial charge in [-0.05, 0) is 12.0 Å². The van der Waals surface area contributed by atoms with Crippen LogP contribution in [0.1, 0.15) is 6.42 Å². The SMILES string of the molecule is Nc1ncc(OCC2=NC=CC3CC=CC=C23)c(N)n1. The molecule has 1 aromatic rings. The smallest absolute Gasteiger partial charge is 0.222 e. The molecular weight excluding hydrogens is 254 g/mol. The molecule has 0 spiro atoms. The molecule has 0 amide bonds. The lowest BCUT2D eigenvalue weighted by atomic mass is 9.87. The molecule has 20 heavy (non-hydrogen) atoms. The minimum absolute atomic E-state index is 0.132. The van der Waals surface area contributed by atoms with Gasteiger partial charge in [-0.1, -0.05) is 24.3 Å². The van der Waals surface area contributed by atoms with Gasteiger partial charge in [0.2, 0.25) is 5.95 Å². The summed E-state index contributed by atoms with van der Waals surface area (Å²) in [5.41, 5.74) is 13.3. The van der Waals surface area contributed by atoms with E-state index in [4.69, 9.17) is 16.2 Å². The summed E-state index contributed by atoms with van der Waals surface area (Å²) < 4.78 is 5.65. The third kappa shape index (κ3) is 2.40. The predicted octanol–water partition coefficient (Wildman–Crippen LogP) is 1.49. The number of anilines is 2. The van der Waals surface area contributed by atoms with Crippen molar-refractivity contribution in [2.24, 2.45) is 10.9 Å². The van der Waals surface area contributed by atoms with Gasteiger partial charge in [-0.3, -0.25) is 4.99 Å². The molecule has 2 aliphatic rings. The number of allylic oxidation sites excluding steroid dienone is 4. The molecule has 0 radical (unpaired) electrons. The van der Waals surface area contributed by atoms with Crippen LogP contribution < -0.4 is 16.2 Å². The molecule has 1 aromatic heterocycles. The van der Waals surface area contributed by atoms with Gasteiger partial charge in [0, 0.05) is 12.1 Å². The van der Waals surface area contributed by atoms with Crippen LogP contribution in [0.2, 0.25) is 0 Å². The van der Waals surface area contributed by atoms with Crippen LogP contribution in [0.25, 0.3) is 0 Å². The maximum Gasteiger partial charge on any atom is 0.222 e. The first kappa shape index (κ1) is 12.4. The fourth-order valence-electron chi connectivity index (χ4n) is 2.23. The van der Waals surface area contributed by atoms with Crippen LogP contribution in [0.5, 0.6) is 5.75 Å². The summed E-state index contributed by atoms with van der Waals surface area (Å²) in [5, 5.41) is 0. The van der Waals surface area contributed by atoms with Gasteiger partial charge in [0.15, 0.2) is 11.6 Å². The molecule has 6 heteroatoms. The summed E-state index contributed by atoms with van der Waals surface area (Å²) in [5.74, 6) is 1.17. The van der Waals surface area contributed by atoms with Crippen LogP contribution >= 0.6 is 0 Å². The zero-order valence-electron chi connectivity index (χ0n) is 10.9. The van der Waals surface area contributed by atoms with Crippen molar-refractivity contribution in [1.82, 2.24) is 9.97 Å². The van der Waals surface area contributed by atoms with Crippen molar-refractivity contribution in [1.29, 1.82) is 0 Å². The molecule has 0 bridgehead atoms. The Hall–Kier alpha value is -2.63. The van der Waals surface area contributed by atoms with Crippen LogP contribution in [0.3, 0.4) is 0 Å². The lowest BCUT2D eigenvalue weighted by Crippen LogP contribution is -2.22. The molecule has 6 nitrogen and oxygen atoms in total. The van der Waals surface area contributed by atoms with Crippen molar-refractivity contribution in [3.63, 3.8) is 0 Å². The van der Waals surface area contributed by atoms with Crippen LogP contribution in [0.4, 0.5) is 11.8 Å². The molecule has 1 aliphatic carbocycles. The number of nitrogens with zero attached hydrogens (tertiary/aromatic N) is 3. The second-order valence-corrected chi connectivity index (χ2v) is 4.58. The number of aliphatic imine (C=N–C) groups is 1. The van der Waals surface area contributed by atoms with Gasteiger partial charge >= 0.3 is 0 Å². The Morgan fingerprint density at radius 1 is 1.35 bits per heavy atom.